The topological polar surface area (TPSA) is 62.3 Å². The second kappa shape index (κ2) is 11.2. The number of hydrogen-bond acceptors (Lipinski definition) is 5. The highest BCUT2D eigenvalue weighted by molar-refractivity contribution is 6.30. The third-order valence-corrected chi connectivity index (χ3v) is 6.74. The fraction of sp³-hybridized carbons (Fsp3) is 0.440. The lowest BCUT2D eigenvalue weighted by Crippen LogP contribution is -2.43. The smallest absolute Gasteiger partial charge is 0.410 e. The number of likely N-dealkylation sites (N-methyl/N-ethyl adjacent to an activating group) is 1. The van der Waals surface area contributed by atoms with Gasteiger partial charge in [-0.05, 0) is 42.0 Å². The molecule has 2 aliphatic heterocycles. The van der Waals surface area contributed by atoms with Crippen LogP contribution in [0.3, 0.4) is 0 Å². The fourth-order valence-corrected chi connectivity index (χ4v) is 4.59. The van der Waals surface area contributed by atoms with E-state index in [-0.39, 0.29) is 23.6 Å². The van der Waals surface area contributed by atoms with Gasteiger partial charge in [-0.15, -0.1) is 0 Å². The molecule has 0 spiro atoms. The van der Waals surface area contributed by atoms with Crippen molar-refractivity contribution in [3.63, 3.8) is 0 Å². The number of carbonyl (C=O) groups is 2. The molecule has 2 aliphatic rings. The van der Waals surface area contributed by atoms with Crippen LogP contribution in [0.25, 0.3) is 0 Å². The molecule has 0 N–H and O–H groups in total. The second-order valence-electron chi connectivity index (χ2n) is 8.66. The van der Waals surface area contributed by atoms with Gasteiger partial charge in [0.25, 0.3) is 0 Å². The number of likely N-dealkylation sites (tertiary alicyclic amines) is 1. The van der Waals surface area contributed by atoms with Crippen LogP contribution < -0.4 is 4.74 Å². The summed E-state index contributed by atoms with van der Waals surface area (Å²) in [7, 11) is 1.67. The van der Waals surface area contributed by atoms with Crippen LogP contribution in [-0.4, -0.2) is 85.7 Å². The number of hydrogen-bond donors (Lipinski definition) is 0. The van der Waals surface area contributed by atoms with Gasteiger partial charge in [0.05, 0.1) is 19.3 Å². The lowest BCUT2D eigenvalue weighted by Gasteiger charge is -2.28. The van der Waals surface area contributed by atoms with Crippen LogP contribution in [0.15, 0.2) is 48.5 Å². The number of halogens is 2. The molecule has 0 radical (unpaired) electrons. The van der Waals surface area contributed by atoms with Gasteiger partial charge in [-0.1, -0.05) is 23.7 Å². The largest absolute Gasteiger partial charge is 0.415 e. The average Bonchev–Trinajstić information content (AvgIpc) is 3.30. The highest BCUT2D eigenvalue weighted by Gasteiger charge is 2.40. The third-order valence-electron chi connectivity index (χ3n) is 6.49. The summed E-state index contributed by atoms with van der Waals surface area (Å²) in [5.74, 6) is -0.167. The lowest BCUT2D eigenvalue weighted by atomic mass is 9.94. The molecule has 2 aromatic rings. The molecular weight excluding hydrogens is 461 g/mol. The van der Waals surface area contributed by atoms with Crippen molar-refractivity contribution in [2.45, 2.75) is 18.4 Å². The van der Waals surface area contributed by atoms with Crippen LogP contribution >= 0.6 is 11.6 Å². The number of carbonyl (C=O) groups excluding carboxylic acids is 2. The van der Waals surface area contributed by atoms with Gasteiger partial charge in [-0.25, -0.2) is 9.18 Å². The standard InChI is InChI=1S/C25H29ClFN3O4/c1-28(25(32)34-21-8-6-20(27)7-9-21)23-17-30(16-22(23)18-2-4-19(26)5-3-18)24(31)10-11-29-12-14-33-15-13-29/h2-9,22-23H,10-17H2,1H3/t22-,23+/m0/s1. The maximum atomic E-state index is 13.2. The normalized spacial score (nSPS) is 20.9. The first-order chi connectivity index (χ1) is 16.4. The quantitative estimate of drug-likeness (QED) is 0.620. The van der Waals surface area contributed by atoms with E-state index in [1.165, 1.54) is 29.2 Å². The molecule has 0 aromatic heterocycles. The van der Waals surface area contributed by atoms with E-state index in [1.807, 2.05) is 29.2 Å². The van der Waals surface area contributed by atoms with Crippen molar-refractivity contribution in [3.8, 4) is 5.75 Å². The van der Waals surface area contributed by atoms with E-state index in [0.29, 0.717) is 44.3 Å². The van der Waals surface area contributed by atoms with E-state index < -0.39 is 11.9 Å². The summed E-state index contributed by atoms with van der Waals surface area (Å²) in [6, 6.07) is 12.5. The number of morpholine rings is 1. The Kier molecular flexibility index (Phi) is 8.03. The summed E-state index contributed by atoms with van der Waals surface area (Å²) in [4.78, 5) is 31.5. The SMILES string of the molecule is CN(C(=O)Oc1ccc(F)cc1)[C@@H]1CN(C(=O)CCN2CCOCC2)C[C@H]1c1ccc(Cl)cc1. The maximum absolute atomic E-state index is 13.2. The lowest BCUT2D eigenvalue weighted by molar-refractivity contribution is -0.130. The second-order valence-corrected chi connectivity index (χ2v) is 9.10. The molecule has 34 heavy (non-hydrogen) atoms. The van der Waals surface area contributed by atoms with Crippen molar-refractivity contribution in [3.05, 3.63) is 64.9 Å². The zero-order chi connectivity index (χ0) is 24.1. The number of rotatable bonds is 6. The van der Waals surface area contributed by atoms with Gasteiger partial charge in [0.1, 0.15) is 11.6 Å². The Bertz CT molecular complexity index is 983. The molecule has 7 nitrogen and oxygen atoms in total. The third kappa shape index (κ3) is 6.05. The van der Waals surface area contributed by atoms with Crippen molar-refractivity contribution in [1.82, 2.24) is 14.7 Å². The van der Waals surface area contributed by atoms with Crippen LogP contribution in [0.1, 0.15) is 17.9 Å². The van der Waals surface area contributed by atoms with E-state index >= 15 is 0 Å². The molecule has 2 atom stereocenters. The Morgan fingerprint density at radius 2 is 1.76 bits per heavy atom. The van der Waals surface area contributed by atoms with Crippen LogP contribution in [0.5, 0.6) is 5.75 Å². The molecule has 2 saturated heterocycles. The molecule has 0 saturated carbocycles. The highest BCUT2D eigenvalue weighted by atomic mass is 35.5. The van der Waals surface area contributed by atoms with Crippen molar-refractivity contribution in [2.24, 2.45) is 0 Å². The van der Waals surface area contributed by atoms with Gasteiger partial charge in [-0.3, -0.25) is 9.69 Å². The molecule has 2 heterocycles. The number of amides is 2. The summed E-state index contributed by atoms with van der Waals surface area (Å²) >= 11 is 6.07. The predicted molar refractivity (Wildman–Crippen MR) is 127 cm³/mol. The molecule has 2 amide bonds. The summed E-state index contributed by atoms with van der Waals surface area (Å²) in [5, 5.41) is 0.626. The van der Waals surface area contributed by atoms with Crippen LogP contribution in [0.4, 0.5) is 9.18 Å². The van der Waals surface area contributed by atoms with Crippen molar-refractivity contribution >= 4 is 23.6 Å². The first-order valence-corrected chi connectivity index (χ1v) is 11.8. The van der Waals surface area contributed by atoms with Crippen molar-refractivity contribution in [2.75, 3.05) is 53.0 Å². The summed E-state index contributed by atoms with van der Waals surface area (Å²) in [6.45, 7) is 4.66. The van der Waals surface area contributed by atoms with Crippen molar-refractivity contribution in [1.29, 1.82) is 0 Å². The Morgan fingerprint density at radius 1 is 1.09 bits per heavy atom. The zero-order valence-corrected chi connectivity index (χ0v) is 19.9. The Morgan fingerprint density at radius 3 is 2.44 bits per heavy atom. The molecule has 2 aromatic carbocycles. The van der Waals surface area contributed by atoms with E-state index in [9.17, 15) is 14.0 Å². The molecule has 182 valence electrons. The van der Waals surface area contributed by atoms with Gasteiger partial charge >= 0.3 is 6.09 Å². The van der Waals surface area contributed by atoms with Crippen LogP contribution in [-0.2, 0) is 9.53 Å². The molecule has 0 bridgehead atoms. The van der Waals surface area contributed by atoms with E-state index in [2.05, 4.69) is 4.90 Å². The van der Waals surface area contributed by atoms with E-state index in [0.717, 1.165) is 18.7 Å². The van der Waals surface area contributed by atoms with Crippen LogP contribution in [0.2, 0.25) is 5.02 Å². The monoisotopic (exact) mass is 489 g/mol. The van der Waals surface area contributed by atoms with E-state index in [1.54, 1.807) is 7.05 Å². The van der Waals surface area contributed by atoms with Gasteiger partial charge in [0, 0.05) is 57.1 Å². The summed E-state index contributed by atoms with van der Waals surface area (Å²) in [6.07, 6.45) is -0.137. The van der Waals surface area contributed by atoms with Gasteiger partial charge in [0.15, 0.2) is 0 Å². The Hall–Kier alpha value is -2.68. The zero-order valence-electron chi connectivity index (χ0n) is 19.2. The fourth-order valence-electron chi connectivity index (χ4n) is 4.47. The minimum atomic E-state index is -0.557. The number of benzene rings is 2. The minimum Gasteiger partial charge on any atom is -0.410 e. The number of ether oxygens (including phenoxy) is 2. The molecular formula is C25H29ClFN3O4. The summed E-state index contributed by atoms with van der Waals surface area (Å²) < 4.78 is 24.0. The first kappa shape index (κ1) is 24.4. The predicted octanol–water partition coefficient (Wildman–Crippen LogP) is 3.63. The first-order valence-electron chi connectivity index (χ1n) is 11.4. The van der Waals surface area contributed by atoms with Crippen LogP contribution in [0, 0.1) is 5.82 Å². The molecule has 4 rings (SSSR count). The highest BCUT2D eigenvalue weighted by Crippen LogP contribution is 2.32. The maximum Gasteiger partial charge on any atom is 0.415 e. The van der Waals surface area contributed by atoms with Gasteiger partial charge in [0.2, 0.25) is 5.91 Å². The van der Waals surface area contributed by atoms with E-state index in [4.69, 9.17) is 21.1 Å². The Balaban J connectivity index is 1.45. The van der Waals surface area contributed by atoms with Crippen molar-refractivity contribution < 1.29 is 23.5 Å². The molecule has 2 fully saturated rings. The van der Waals surface area contributed by atoms with Gasteiger partial charge < -0.3 is 19.3 Å². The van der Waals surface area contributed by atoms with Gasteiger partial charge in [-0.2, -0.15) is 0 Å². The Labute approximate surface area is 204 Å². The molecule has 9 heteroatoms. The molecule has 0 aliphatic carbocycles. The molecule has 0 unspecified atom stereocenters. The minimum absolute atomic E-state index is 0.0632. The number of nitrogens with zero attached hydrogens (tertiary/aromatic N) is 3. The summed E-state index contributed by atoms with van der Waals surface area (Å²) in [5.41, 5.74) is 0.999. The average molecular weight is 490 g/mol.